The van der Waals surface area contributed by atoms with Gasteiger partial charge in [0.2, 0.25) is 23.7 Å². The predicted molar refractivity (Wildman–Crippen MR) is 324 cm³/mol. The third-order valence-electron chi connectivity index (χ3n) is 15.4. The van der Waals surface area contributed by atoms with Gasteiger partial charge in [0.25, 0.3) is 0 Å². The summed E-state index contributed by atoms with van der Waals surface area (Å²) in [5.74, 6) is 2.92. The lowest BCUT2D eigenvalue weighted by Crippen LogP contribution is -2.32. The molecule has 4 N–H and O–H groups in total. The minimum Gasteiger partial charge on any atom is -0.494 e. The summed E-state index contributed by atoms with van der Waals surface area (Å²) in [4.78, 5) is 53.2. The quantitative estimate of drug-likeness (QED) is 0.0421. The molecule has 0 saturated heterocycles. The van der Waals surface area contributed by atoms with Crippen LogP contribution in [0.1, 0.15) is 42.2 Å². The van der Waals surface area contributed by atoms with Crippen LogP contribution in [0, 0.1) is 5.92 Å². The minimum absolute atomic E-state index is 0.318. The van der Waals surface area contributed by atoms with Crippen LogP contribution in [0.15, 0.2) is 123 Å². The van der Waals surface area contributed by atoms with Crippen molar-refractivity contribution in [3.05, 3.63) is 134 Å². The largest absolute Gasteiger partial charge is 0.494 e. The van der Waals surface area contributed by atoms with Gasteiger partial charge in [-0.15, -0.1) is 0 Å². The average Bonchev–Trinajstić information content (AvgIpc) is 4.48. The van der Waals surface area contributed by atoms with Gasteiger partial charge in [0.05, 0.1) is 59.7 Å². The van der Waals surface area contributed by atoms with E-state index in [0.29, 0.717) is 70.4 Å². The highest BCUT2D eigenvalue weighted by molar-refractivity contribution is 6.03. The maximum absolute atomic E-state index is 12.9. The van der Waals surface area contributed by atoms with Gasteiger partial charge in [-0.3, -0.25) is 9.59 Å². The number of fused-ring (bicyclic) bond motifs is 2. The molecule has 2 aliphatic carbocycles. The number of benzene rings is 4. The lowest BCUT2D eigenvalue weighted by atomic mass is 10.0. The van der Waals surface area contributed by atoms with E-state index in [1.807, 2.05) is 64.6 Å². The monoisotopic (exact) mass is 1080 g/mol. The van der Waals surface area contributed by atoms with Crippen molar-refractivity contribution in [2.24, 2.45) is 20.0 Å². The van der Waals surface area contributed by atoms with E-state index in [1.165, 1.54) is 41.5 Å². The summed E-state index contributed by atoms with van der Waals surface area (Å²) in [6.07, 6.45) is 13.9. The Kier molecular flexibility index (Phi) is 15.9. The maximum atomic E-state index is 12.9. The third-order valence-corrected chi connectivity index (χ3v) is 15.4. The van der Waals surface area contributed by atoms with E-state index < -0.39 is 0 Å². The maximum Gasteiger partial charge on any atom is 0.247 e. The van der Waals surface area contributed by atoms with Crippen molar-refractivity contribution in [2.45, 2.75) is 31.1 Å². The smallest absolute Gasteiger partial charge is 0.247 e. The molecule has 0 radical (unpaired) electrons. The van der Waals surface area contributed by atoms with Crippen LogP contribution in [0.5, 0.6) is 11.5 Å². The van der Waals surface area contributed by atoms with Crippen molar-refractivity contribution in [2.75, 3.05) is 113 Å². The van der Waals surface area contributed by atoms with Gasteiger partial charge < -0.3 is 59.5 Å². The molecule has 2 aliphatic rings. The first-order chi connectivity index (χ1) is 38.6. The number of likely N-dealkylation sites (N-methyl/N-ethyl adjacent to an activating group) is 4. The average molecular weight is 1080 g/mol. The van der Waals surface area contributed by atoms with E-state index in [9.17, 15) is 9.59 Å². The Morgan fingerprint density at radius 2 is 1.18 bits per heavy atom. The molecular formula is C62H72N14O4. The lowest BCUT2D eigenvalue weighted by Gasteiger charge is -2.27. The SMILES string of the molecule is C=CC(=O)Nc1cc(Nc2nccc(-c3cn(C)c4cc(C5CC5CN(C)CCN(C)c5cc(OC)c(Nc6nccc(-c7cn(C)c8ccc(C9CC9)cc78)n6)cc5NC(=O)C=C)ccc34)n2)c(OC)cc1N(C)CCN(C)C. The predicted octanol–water partition coefficient (Wildman–Crippen LogP) is 10.4. The zero-order valence-electron chi connectivity index (χ0n) is 47.3. The fourth-order valence-corrected chi connectivity index (χ4v) is 10.6. The fourth-order valence-electron chi connectivity index (χ4n) is 10.6. The number of carbonyl (C=O) groups is 2. The summed E-state index contributed by atoms with van der Waals surface area (Å²) in [6.45, 7) is 11.3. The standard InChI is InChI=1S/C62H72N14O4/c1-12-59(77)65-49-31-51(57(79-10)33-55(49)73(6)26-24-71(3)4)69-61-63-22-20-47(67-61)45-36-76(9)54-30-40(16-18-42(45)54)43-29-41(43)35-72(5)25-27-74(7)56-34-58(80-11)52(32-50(56)66-60(78)13-2)70-62-64-23-21-48(68-62)46-37-75(8)53-19-17-39(28-44(46)53)38-14-15-38/h12-13,16-23,28,30-34,36-38,41,43H,1-2,14-15,24-27,29,35H2,3-11H3,(H,65,77)(H,66,78)(H,63,67,69)(H,64,68,70). The Balaban J connectivity index is 0.793. The molecule has 2 fully saturated rings. The number of amides is 2. The number of nitrogens with zero attached hydrogens (tertiary/aromatic N) is 10. The summed E-state index contributed by atoms with van der Waals surface area (Å²) in [6, 6.07) is 24.9. The van der Waals surface area contributed by atoms with Crippen LogP contribution in [0.25, 0.3) is 44.3 Å². The number of methoxy groups -OCH3 is 2. The number of aryl methyl sites for hydroxylation is 2. The lowest BCUT2D eigenvalue weighted by molar-refractivity contribution is -0.112. The Morgan fingerprint density at radius 3 is 1.71 bits per heavy atom. The number of nitrogens with one attached hydrogen (secondary N) is 4. The van der Waals surface area contributed by atoms with Gasteiger partial charge in [0.1, 0.15) is 11.5 Å². The number of anilines is 8. The highest BCUT2D eigenvalue weighted by Crippen LogP contribution is 2.49. The molecule has 2 atom stereocenters. The molecule has 4 heterocycles. The van der Waals surface area contributed by atoms with Crippen LogP contribution >= 0.6 is 0 Å². The van der Waals surface area contributed by atoms with E-state index in [0.717, 1.165) is 82.9 Å². The highest BCUT2D eigenvalue weighted by Gasteiger charge is 2.39. The summed E-state index contributed by atoms with van der Waals surface area (Å²) in [5, 5.41) is 15.0. The van der Waals surface area contributed by atoms with Gasteiger partial charge in [-0.1, -0.05) is 31.4 Å². The number of hydrogen-bond acceptors (Lipinski definition) is 14. The topological polar surface area (TPSA) is 175 Å². The van der Waals surface area contributed by atoms with Crippen molar-refractivity contribution >= 4 is 79.6 Å². The van der Waals surface area contributed by atoms with Gasteiger partial charge in [-0.2, -0.15) is 0 Å². The molecular weight excluding hydrogens is 1000 g/mol. The van der Waals surface area contributed by atoms with Crippen LogP contribution in [0.2, 0.25) is 0 Å². The first-order valence-electron chi connectivity index (χ1n) is 27.1. The second-order valence-electron chi connectivity index (χ2n) is 21.5. The van der Waals surface area contributed by atoms with Gasteiger partial charge in [0, 0.05) is 131 Å². The van der Waals surface area contributed by atoms with Gasteiger partial charge >= 0.3 is 0 Å². The van der Waals surface area contributed by atoms with Crippen molar-refractivity contribution in [1.82, 2.24) is 38.9 Å². The molecule has 0 spiro atoms. The van der Waals surface area contributed by atoms with Crippen LogP contribution in [0.3, 0.4) is 0 Å². The molecule has 18 nitrogen and oxygen atoms in total. The first-order valence-corrected chi connectivity index (χ1v) is 27.1. The van der Waals surface area contributed by atoms with E-state index in [-0.39, 0.29) is 11.8 Å². The summed E-state index contributed by atoms with van der Waals surface area (Å²) in [5.41, 5.74) is 12.6. The van der Waals surface area contributed by atoms with E-state index >= 15 is 0 Å². The Bertz CT molecular complexity index is 3640. The molecule has 18 heteroatoms. The molecule has 4 aromatic heterocycles. The van der Waals surface area contributed by atoms with Gasteiger partial charge in [-0.25, -0.2) is 19.9 Å². The molecule has 2 unspecified atom stereocenters. The van der Waals surface area contributed by atoms with Crippen molar-refractivity contribution < 1.29 is 19.1 Å². The zero-order chi connectivity index (χ0) is 56.4. The molecule has 0 aliphatic heterocycles. The van der Waals surface area contributed by atoms with E-state index in [2.05, 4.69) is 143 Å². The summed E-state index contributed by atoms with van der Waals surface area (Å²) < 4.78 is 16.1. The second kappa shape index (κ2) is 23.3. The van der Waals surface area contributed by atoms with Crippen molar-refractivity contribution in [1.29, 1.82) is 0 Å². The Labute approximate surface area is 468 Å². The fraction of sp³-hybridized carbons (Fsp3) is 0.323. The molecule has 10 rings (SSSR count). The Hall–Kier alpha value is -8.74. The van der Waals surface area contributed by atoms with Crippen LogP contribution in [-0.2, 0) is 23.7 Å². The van der Waals surface area contributed by atoms with Gasteiger partial charge in [0.15, 0.2) is 0 Å². The number of ether oxygens (including phenoxy) is 2. The third kappa shape index (κ3) is 12.0. The molecule has 0 bridgehead atoms. The van der Waals surface area contributed by atoms with Crippen molar-refractivity contribution in [3.8, 4) is 34.0 Å². The number of rotatable bonds is 24. The summed E-state index contributed by atoms with van der Waals surface area (Å²) in [7, 11) is 17.6. The molecule has 80 heavy (non-hydrogen) atoms. The number of carbonyl (C=O) groups excluding carboxylic acids is 2. The molecule has 2 amide bonds. The first kappa shape index (κ1) is 54.6. The van der Waals surface area contributed by atoms with Crippen molar-refractivity contribution in [3.63, 3.8) is 0 Å². The van der Waals surface area contributed by atoms with Crippen LogP contribution in [-0.4, -0.2) is 133 Å². The molecule has 414 valence electrons. The zero-order valence-corrected chi connectivity index (χ0v) is 47.3. The van der Waals surface area contributed by atoms with E-state index in [1.54, 1.807) is 26.6 Å². The molecule has 2 saturated carbocycles. The number of aromatic nitrogens is 6. The normalized spacial score (nSPS) is 14.8. The molecule has 4 aromatic carbocycles. The van der Waals surface area contributed by atoms with Crippen LogP contribution < -0.4 is 40.5 Å². The van der Waals surface area contributed by atoms with Gasteiger partial charge in [-0.05, 0) is 124 Å². The minimum atomic E-state index is -0.320. The summed E-state index contributed by atoms with van der Waals surface area (Å²) >= 11 is 0. The van der Waals surface area contributed by atoms with Crippen LogP contribution in [0.4, 0.5) is 46.0 Å². The highest BCUT2D eigenvalue weighted by atomic mass is 16.5. The second-order valence-corrected chi connectivity index (χ2v) is 21.5. The molecule has 8 aromatic rings. The van der Waals surface area contributed by atoms with E-state index in [4.69, 9.17) is 19.4 Å². The number of hydrogen-bond donors (Lipinski definition) is 4. The Morgan fingerprint density at radius 1 is 0.637 bits per heavy atom.